The summed E-state index contributed by atoms with van der Waals surface area (Å²) in [4.78, 5) is 26.8. The van der Waals surface area contributed by atoms with Crippen LogP contribution in [0, 0.1) is 11.8 Å². The highest BCUT2D eigenvalue weighted by molar-refractivity contribution is 6.07. The normalized spacial score (nSPS) is 25.8. The van der Waals surface area contributed by atoms with Crippen molar-refractivity contribution in [3.63, 3.8) is 0 Å². The average molecular weight is 387 g/mol. The predicted octanol–water partition coefficient (Wildman–Crippen LogP) is 1.36. The molecule has 2 amide bonds. The number of aliphatic hydroxyl groups excluding tert-OH is 1. The Hall–Kier alpha value is -2.22. The minimum Gasteiger partial charge on any atom is -0.396 e. The van der Waals surface area contributed by atoms with E-state index < -0.39 is 17.4 Å². The van der Waals surface area contributed by atoms with E-state index in [1.54, 1.807) is 44.3 Å². The molecular weight excluding hydrogens is 358 g/mol. The van der Waals surface area contributed by atoms with Gasteiger partial charge in [0.2, 0.25) is 5.91 Å². The highest BCUT2D eigenvalue weighted by Gasteiger charge is 2.51. The number of amides is 2. The van der Waals surface area contributed by atoms with E-state index in [9.17, 15) is 14.7 Å². The molecule has 1 fully saturated rings. The standard InChI is InChI=1S/C21H29N3O4/c1-14(6-3-4-11-25)21(28)17-12-16(8-9-18(17)24(2)20(21)27)23-19(26)15-7-5-10-22-13-15/h3,6,8-9,12,14-15,22,25,28H,4-5,7,10-11,13H2,1-2H3,(H,23,26)/b6-3+/t14-,15?,21+/m1/s1. The topological polar surface area (TPSA) is 102 Å². The van der Waals surface area contributed by atoms with Crippen LogP contribution in [0.3, 0.4) is 0 Å². The number of hydrogen-bond donors (Lipinski definition) is 4. The summed E-state index contributed by atoms with van der Waals surface area (Å²) in [6, 6.07) is 5.21. The van der Waals surface area contributed by atoms with E-state index in [0.29, 0.717) is 29.9 Å². The molecule has 0 saturated carbocycles. The Balaban J connectivity index is 1.86. The molecule has 3 rings (SSSR count). The summed E-state index contributed by atoms with van der Waals surface area (Å²) in [5.74, 6) is -1.01. The summed E-state index contributed by atoms with van der Waals surface area (Å²) < 4.78 is 0. The van der Waals surface area contributed by atoms with E-state index in [2.05, 4.69) is 10.6 Å². The van der Waals surface area contributed by atoms with Gasteiger partial charge in [-0.15, -0.1) is 0 Å². The number of nitrogens with one attached hydrogen (secondary N) is 2. The molecule has 7 heteroatoms. The van der Waals surface area contributed by atoms with Crippen LogP contribution in [0.2, 0.25) is 0 Å². The number of benzene rings is 1. The number of nitrogens with zero attached hydrogens (tertiary/aromatic N) is 1. The molecule has 28 heavy (non-hydrogen) atoms. The first-order valence-electron chi connectivity index (χ1n) is 9.83. The van der Waals surface area contributed by atoms with E-state index >= 15 is 0 Å². The van der Waals surface area contributed by atoms with Gasteiger partial charge in [0, 0.05) is 37.4 Å². The second-order valence-corrected chi connectivity index (χ2v) is 7.62. The van der Waals surface area contributed by atoms with E-state index in [0.717, 1.165) is 19.4 Å². The van der Waals surface area contributed by atoms with Crippen LogP contribution in [0.5, 0.6) is 0 Å². The van der Waals surface area contributed by atoms with Gasteiger partial charge < -0.3 is 25.7 Å². The lowest BCUT2D eigenvalue weighted by Gasteiger charge is -2.27. The molecule has 0 bridgehead atoms. The Morgan fingerprint density at radius 2 is 2.29 bits per heavy atom. The van der Waals surface area contributed by atoms with Gasteiger partial charge in [0.05, 0.1) is 11.6 Å². The number of piperidine rings is 1. The molecule has 2 aliphatic rings. The number of hydrogen-bond acceptors (Lipinski definition) is 5. The fourth-order valence-electron chi connectivity index (χ4n) is 3.97. The number of aliphatic hydroxyl groups is 2. The summed E-state index contributed by atoms with van der Waals surface area (Å²) in [7, 11) is 1.63. The van der Waals surface area contributed by atoms with Crippen LogP contribution in [-0.2, 0) is 15.2 Å². The van der Waals surface area contributed by atoms with Crippen LogP contribution in [0.4, 0.5) is 11.4 Å². The monoisotopic (exact) mass is 387 g/mol. The molecule has 0 aliphatic carbocycles. The van der Waals surface area contributed by atoms with Gasteiger partial charge in [0.1, 0.15) is 0 Å². The zero-order chi connectivity index (χ0) is 20.3. The quantitative estimate of drug-likeness (QED) is 0.552. The van der Waals surface area contributed by atoms with Gasteiger partial charge in [-0.2, -0.15) is 0 Å². The maximum absolute atomic E-state index is 12.8. The summed E-state index contributed by atoms with van der Waals surface area (Å²) in [5.41, 5.74) is -0.0151. The first kappa shape index (κ1) is 20.5. The largest absolute Gasteiger partial charge is 0.396 e. The van der Waals surface area contributed by atoms with Crippen molar-refractivity contribution in [3.05, 3.63) is 35.9 Å². The smallest absolute Gasteiger partial charge is 0.264 e. The van der Waals surface area contributed by atoms with Gasteiger partial charge in [0.15, 0.2) is 5.60 Å². The Kier molecular flexibility index (Phi) is 6.17. The molecule has 7 nitrogen and oxygen atoms in total. The fourth-order valence-corrected chi connectivity index (χ4v) is 3.97. The number of carbonyl (C=O) groups is 2. The van der Waals surface area contributed by atoms with Crippen LogP contribution in [0.1, 0.15) is 31.7 Å². The minimum absolute atomic E-state index is 0.0122. The van der Waals surface area contributed by atoms with Crippen LogP contribution >= 0.6 is 0 Å². The van der Waals surface area contributed by atoms with Crippen LogP contribution in [0.25, 0.3) is 0 Å². The zero-order valence-corrected chi connectivity index (χ0v) is 16.4. The van der Waals surface area contributed by atoms with Crippen molar-refractivity contribution < 1.29 is 19.8 Å². The Morgan fingerprint density at radius 1 is 1.50 bits per heavy atom. The minimum atomic E-state index is -1.71. The van der Waals surface area contributed by atoms with Gasteiger partial charge in [-0.25, -0.2) is 0 Å². The second-order valence-electron chi connectivity index (χ2n) is 7.62. The van der Waals surface area contributed by atoms with Gasteiger partial charge in [-0.3, -0.25) is 9.59 Å². The Labute approximate surface area is 165 Å². The molecule has 3 atom stereocenters. The van der Waals surface area contributed by atoms with Crippen LogP contribution in [0.15, 0.2) is 30.4 Å². The molecule has 2 heterocycles. The van der Waals surface area contributed by atoms with E-state index in [4.69, 9.17) is 5.11 Å². The molecule has 2 aliphatic heterocycles. The number of fused-ring (bicyclic) bond motifs is 1. The SMILES string of the molecule is C[C@H](/C=C/CCO)[C@@]1(O)C(=O)N(C)c2ccc(NC(=O)C3CCCNC3)cc21. The van der Waals surface area contributed by atoms with Crippen molar-refractivity contribution in [2.24, 2.45) is 11.8 Å². The molecule has 0 radical (unpaired) electrons. The molecule has 4 N–H and O–H groups in total. The molecule has 1 saturated heterocycles. The van der Waals surface area contributed by atoms with Crippen molar-refractivity contribution in [3.8, 4) is 0 Å². The van der Waals surface area contributed by atoms with E-state index in [1.165, 1.54) is 4.90 Å². The highest BCUT2D eigenvalue weighted by atomic mass is 16.3. The third-order valence-corrected chi connectivity index (χ3v) is 5.71. The molecule has 0 spiro atoms. The lowest BCUT2D eigenvalue weighted by molar-refractivity contribution is -0.139. The molecule has 1 unspecified atom stereocenters. The van der Waals surface area contributed by atoms with Crippen LogP contribution in [-0.4, -0.2) is 48.8 Å². The number of anilines is 2. The highest BCUT2D eigenvalue weighted by Crippen LogP contribution is 2.45. The first-order chi connectivity index (χ1) is 13.4. The van der Waals surface area contributed by atoms with Crippen molar-refractivity contribution in [2.75, 3.05) is 37.0 Å². The number of likely N-dealkylation sites (N-methyl/N-ethyl adjacent to an activating group) is 1. The molecule has 152 valence electrons. The zero-order valence-electron chi connectivity index (χ0n) is 16.4. The summed E-state index contributed by atoms with van der Waals surface area (Å²) >= 11 is 0. The maximum Gasteiger partial charge on any atom is 0.264 e. The molecule has 1 aromatic carbocycles. The summed E-state index contributed by atoms with van der Waals surface area (Å²) in [6.07, 6.45) is 5.79. The van der Waals surface area contributed by atoms with Gasteiger partial charge in [0.25, 0.3) is 5.91 Å². The number of carbonyl (C=O) groups excluding carboxylic acids is 2. The third kappa shape index (κ3) is 3.70. The van der Waals surface area contributed by atoms with E-state index in [-0.39, 0.29) is 18.4 Å². The average Bonchev–Trinajstić information content (AvgIpc) is 2.90. The van der Waals surface area contributed by atoms with E-state index in [1.807, 2.05) is 0 Å². The molecule has 1 aromatic rings. The molecule has 0 aromatic heterocycles. The third-order valence-electron chi connectivity index (χ3n) is 5.71. The van der Waals surface area contributed by atoms with Gasteiger partial charge in [-0.1, -0.05) is 19.1 Å². The lowest BCUT2D eigenvalue weighted by Crippen LogP contribution is -2.43. The van der Waals surface area contributed by atoms with Crippen molar-refractivity contribution in [2.45, 2.75) is 31.8 Å². The van der Waals surface area contributed by atoms with Crippen molar-refractivity contribution in [1.82, 2.24) is 5.32 Å². The fraction of sp³-hybridized carbons (Fsp3) is 0.524. The van der Waals surface area contributed by atoms with Gasteiger partial charge in [-0.05, 0) is 44.0 Å². The second kappa shape index (κ2) is 8.43. The Morgan fingerprint density at radius 3 is 2.96 bits per heavy atom. The van der Waals surface area contributed by atoms with Crippen LogP contribution < -0.4 is 15.5 Å². The first-order valence-corrected chi connectivity index (χ1v) is 9.83. The lowest BCUT2D eigenvalue weighted by atomic mass is 9.82. The van der Waals surface area contributed by atoms with Crippen molar-refractivity contribution >= 4 is 23.2 Å². The Bertz CT molecular complexity index is 773. The number of rotatable bonds is 6. The summed E-state index contributed by atoms with van der Waals surface area (Å²) in [5, 5.41) is 26.4. The van der Waals surface area contributed by atoms with Gasteiger partial charge >= 0.3 is 0 Å². The maximum atomic E-state index is 12.8. The van der Waals surface area contributed by atoms with Crippen molar-refractivity contribution in [1.29, 1.82) is 0 Å². The predicted molar refractivity (Wildman–Crippen MR) is 108 cm³/mol. The summed E-state index contributed by atoms with van der Waals surface area (Å²) in [6.45, 7) is 3.38. The molecular formula is C21H29N3O4.